The van der Waals surface area contributed by atoms with E-state index in [0.29, 0.717) is 11.4 Å². The topological polar surface area (TPSA) is 145 Å². The van der Waals surface area contributed by atoms with Crippen LogP contribution in [0.1, 0.15) is 30.6 Å². The molecule has 0 saturated carbocycles. The lowest BCUT2D eigenvalue weighted by molar-refractivity contribution is -0.141. The molecule has 2 aromatic carbocycles. The fourth-order valence-electron chi connectivity index (χ4n) is 4.34. The predicted molar refractivity (Wildman–Crippen MR) is 138 cm³/mol. The standard InChI is InChI=1S/C25H24Cl2N4O7/c1-12-17(9-22(34)38-12)28-21(33)11-31-20-6-4-3-5-19(20)30(13(2)32)10-18(25(31)37)29-24(36)14-7-15(26)23(35)16(27)8-14/h3-8,12,17-18,35H,9-11H2,1-2H3,(H,28,33)(H,29,36)/t12?,17-,18-/m0/s1. The number of nitrogens with zero attached hydrogens (tertiary/aromatic N) is 2. The Labute approximate surface area is 227 Å². The number of esters is 1. The highest BCUT2D eigenvalue weighted by molar-refractivity contribution is 6.37. The average Bonchev–Trinajstić information content (AvgIpc) is 3.12. The van der Waals surface area contributed by atoms with Gasteiger partial charge in [-0.1, -0.05) is 35.3 Å². The number of fused-ring (bicyclic) bond motifs is 1. The zero-order chi connectivity index (χ0) is 27.7. The first kappa shape index (κ1) is 27.2. The number of phenolic OH excluding ortho intramolecular Hbond substituents is 1. The van der Waals surface area contributed by atoms with Gasteiger partial charge in [0, 0.05) is 12.5 Å². The van der Waals surface area contributed by atoms with Crippen LogP contribution in [0, 0.1) is 0 Å². The van der Waals surface area contributed by atoms with Gasteiger partial charge in [0.25, 0.3) is 11.8 Å². The number of carbonyl (C=O) groups is 5. The largest absolute Gasteiger partial charge is 0.505 e. The van der Waals surface area contributed by atoms with Gasteiger partial charge in [0.1, 0.15) is 18.7 Å². The molecule has 2 heterocycles. The second-order valence-corrected chi connectivity index (χ2v) is 9.74. The summed E-state index contributed by atoms with van der Waals surface area (Å²) in [5.74, 6) is -3.15. The van der Waals surface area contributed by atoms with Crippen LogP contribution < -0.4 is 20.4 Å². The zero-order valence-electron chi connectivity index (χ0n) is 20.4. The van der Waals surface area contributed by atoms with Gasteiger partial charge >= 0.3 is 5.97 Å². The average molecular weight is 563 g/mol. The number of nitrogens with one attached hydrogen (secondary N) is 2. The summed E-state index contributed by atoms with van der Waals surface area (Å²) in [4.78, 5) is 66.4. The first-order valence-electron chi connectivity index (χ1n) is 11.6. The van der Waals surface area contributed by atoms with Crippen LogP contribution in [0.4, 0.5) is 11.4 Å². The molecular formula is C25H24Cl2N4O7. The Morgan fingerprint density at radius 2 is 1.71 bits per heavy atom. The van der Waals surface area contributed by atoms with Gasteiger partial charge < -0.3 is 25.4 Å². The van der Waals surface area contributed by atoms with Gasteiger partial charge in [-0.15, -0.1) is 0 Å². The van der Waals surface area contributed by atoms with E-state index in [1.54, 1.807) is 31.2 Å². The molecule has 2 aliphatic heterocycles. The molecule has 0 spiro atoms. The van der Waals surface area contributed by atoms with Gasteiger partial charge in [-0.2, -0.15) is 0 Å². The molecule has 3 atom stereocenters. The molecule has 4 rings (SSSR count). The second-order valence-electron chi connectivity index (χ2n) is 8.93. The van der Waals surface area contributed by atoms with Crippen LogP contribution in [0.2, 0.25) is 10.0 Å². The number of rotatable bonds is 5. The third-order valence-corrected chi connectivity index (χ3v) is 6.85. The molecule has 2 aliphatic rings. The molecule has 1 saturated heterocycles. The molecular weight excluding hydrogens is 539 g/mol. The number of phenols is 1. The Balaban J connectivity index is 1.64. The molecule has 1 unspecified atom stereocenters. The number of anilines is 2. The number of para-hydroxylation sites is 2. The summed E-state index contributed by atoms with van der Waals surface area (Å²) in [7, 11) is 0. The normalized spacial score (nSPS) is 20.9. The molecule has 1 fully saturated rings. The Morgan fingerprint density at radius 3 is 2.29 bits per heavy atom. The third kappa shape index (κ3) is 5.53. The number of cyclic esters (lactones) is 1. The fraction of sp³-hybridized carbons (Fsp3) is 0.320. The minimum Gasteiger partial charge on any atom is -0.505 e. The van der Waals surface area contributed by atoms with Crippen LogP contribution in [0.25, 0.3) is 0 Å². The van der Waals surface area contributed by atoms with E-state index < -0.39 is 54.2 Å². The van der Waals surface area contributed by atoms with E-state index in [1.165, 1.54) is 28.9 Å². The van der Waals surface area contributed by atoms with Crippen LogP contribution >= 0.6 is 23.2 Å². The van der Waals surface area contributed by atoms with Crippen molar-refractivity contribution in [3.63, 3.8) is 0 Å². The van der Waals surface area contributed by atoms with Crippen LogP contribution in [-0.4, -0.2) is 66.0 Å². The molecule has 4 amide bonds. The van der Waals surface area contributed by atoms with Crippen molar-refractivity contribution >= 4 is 64.2 Å². The van der Waals surface area contributed by atoms with E-state index in [-0.39, 0.29) is 34.5 Å². The maximum Gasteiger partial charge on any atom is 0.308 e. The number of hydrogen-bond acceptors (Lipinski definition) is 7. The van der Waals surface area contributed by atoms with Crippen molar-refractivity contribution in [2.24, 2.45) is 0 Å². The SMILES string of the molecule is CC(=O)N1C[C@H](NC(=O)c2cc(Cl)c(O)c(Cl)c2)C(=O)N(CC(=O)N[C@H]2CC(=O)OC2C)c2ccccc21. The highest BCUT2D eigenvalue weighted by Crippen LogP contribution is 2.34. The van der Waals surface area contributed by atoms with Crippen molar-refractivity contribution in [2.45, 2.75) is 38.5 Å². The van der Waals surface area contributed by atoms with Crippen molar-refractivity contribution < 1.29 is 33.8 Å². The van der Waals surface area contributed by atoms with E-state index in [9.17, 15) is 29.1 Å². The number of hydrogen-bond donors (Lipinski definition) is 3. The summed E-state index contributed by atoms with van der Waals surface area (Å²) >= 11 is 11.9. The summed E-state index contributed by atoms with van der Waals surface area (Å²) in [5.41, 5.74) is 0.648. The first-order valence-corrected chi connectivity index (χ1v) is 12.4. The Hall–Kier alpha value is -3.83. The molecule has 3 N–H and O–H groups in total. The lowest BCUT2D eigenvalue weighted by Gasteiger charge is -2.26. The van der Waals surface area contributed by atoms with Gasteiger partial charge in [0.05, 0.1) is 40.4 Å². The molecule has 0 aliphatic carbocycles. The second kappa shape index (κ2) is 10.9. The van der Waals surface area contributed by atoms with Crippen LogP contribution in [0.15, 0.2) is 36.4 Å². The maximum absolute atomic E-state index is 13.7. The minimum absolute atomic E-state index is 0.00594. The smallest absolute Gasteiger partial charge is 0.308 e. The molecule has 13 heteroatoms. The van der Waals surface area contributed by atoms with Crippen LogP contribution in [0.3, 0.4) is 0 Å². The van der Waals surface area contributed by atoms with Crippen molar-refractivity contribution in [3.8, 4) is 5.75 Å². The summed E-state index contributed by atoms with van der Waals surface area (Å²) in [6.45, 7) is 2.32. The Morgan fingerprint density at radius 1 is 1.08 bits per heavy atom. The minimum atomic E-state index is -1.26. The summed E-state index contributed by atoms with van der Waals surface area (Å²) in [5, 5.41) is 14.8. The summed E-state index contributed by atoms with van der Waals surface area (Å²) in [6.07, 6.45) is -0.519. The number of benzene rings is 2. The Kier molecular flexibility index (Phi) is 7.79. The van der Waals surface area contributed by atoms with Gasteiger partial charge in [-0.3, -0.25) is 28.9 Å². The zero-order valence-corrected chi connectivity index (χ0v) is 21.9. The predicted octanol–water partition coefficient (Wildman–Crippen LogP) is 2.02. The lowest BCUT2D eigenvalue weighted by atomic mass is 10.1. The maximum atomic E-state index is 13.7. The lowest BCUT2D eigenvalue weighted by Crippen LogP contribution is -2.54. The fourth-order valence-corrected chi connectivity index (χ4v) is 4.83. The molecule has 38 heavy (non-hydrogen) atoms. The van der Waals surface area contributed by atoms with Gasteiger partial charge in [0.2, 0.25) is 11.8 Å². The van der Waals surface area contributed by atoms with Crippen molar-refractivity contribution in [2.75, 3.05) is 22.9 Å². The third-order valence-electron chi connectivity index (χ3n) is 6.28. The number of carbonyl (C=O) groups excluding carboxylic acids is 5. The monoisotopic (exact) mass is 562 g/mol. The van der Waals surface area contributed by atoms with Gasteiger partial charge in [-0.05, 0) is 31.2 Å². The number of aromatic hydroxyl groups is 1. The Bertz CT molecular complexity index is 1310. The van der Waals surface area contributed by atoms with Crippen LogP contribution in [0.5, 0.6) is 5.75 Å². The number of ether oxygens (including phenoxy) is 1. The molecule has 0 bridgehead atoms. The molecule has 11 nitrogen and oxygen atoms in total. The van der Waals surface area contributed by atoms with E-state index in [0.717, 1.165) is 0 Å². The van der Waals surface area contributed by atoms with Crippen molar-refractivity contribution in [1.29, 1.82) is 0 Å². The van der Waals surface area contributed by atoms with E-state index in [2.05, 4.69) is 10.6 Å². The van der Waals surface area contributed by atoms with Crippen LogP contribution in [-0.2, 0) is 23.9 Å². The molecule has 0 aromatic heterocycles. The molecule has 0 radical (unpaired) electrons. The van der Waals surface area contributed by atoms with Crippen molar-refractivity contribution in [3.05, 3.63) is 52.0 Å². The quantitative estimate of drug-likeness (QED) is 0.472. The van der Waals surface area contributed by atoms with Gasteiger partial charge in [-0.25, -0.2) is 0 Å². The highest BCUT2D eigenvalue weighted by Gasteiger charge is 2.38. The first-order chi connectivity index (χ1) is 18.0. The summed E-state index contributed by atoms with van der Waals surface area (Å²) < 4.78 is 5.07. The highest BCUT2D eigenvalue weighted by atomic mass is 35.5. The number of halogens is 2. The van der Waals surface area contributed by atoms with Gasteiger partial charge in [0.15, 0.2) is 5.75 Å². The van der Waals surface area contributed by atoms with E-state index in [4.69, 9.17) is 27.9 Å². The summed E-state index contributed by atoms with van der Waals surface area (Å²) in [6, 6.07) is 7.12. The molecule has 2 aromatic rings. The van der Waals surface area contributed by atoms with E-state index in [1.807, 2.05) is 0 Å². The molecule has 200 valence electrons. The number of amides is 4. The van der Waals surface area contributed by atoms with E-state index >= 15 is 0 Å². The van der Waals surface area contributed by atoms with Crippen molar-refractivity contribution in [1.82, 2.24) is 10.6 Å².